The molecule has 1 amide bonds. The molecule has 5 nitrogen and oxygen atoms in total. The van der Waals surface area contributed by atoms with Crippen molar-refractivity contribution in [2.24, 2.45) is 0 Å². The largest absolute Gasteiger partial charge is 0.448 e. The van der Waals surface area contributed by atoms with Gasteiger partial charge in [-0.2, -0.15) is 0 Å². The fourth-order valence-electron chi connectivity index (χ4n) is 4.51. The molecule has 5 heteroatoms. The number of benzene rings is 2. The number of aliphatic hydroxyl groups is 1. The van der Waals surface area contributed by atoms with E-state index in [0.717, 1.165) is 25.9 Å². The highest BCUT2D eigenvalue weighted by Gasteiger charge is 2.31. The summed E-state index contributed by atoms with van der Waals surface area (Å²) in [7, 11) is 2.10. The van der Waals surface area contributed by atoms with Crippen molar-refractivity contribution in [1.82, 2.24) is 9.80 Å². The minimum Gasteiger partial charge on any atom is -0.448 e. The van der Waals surface area contributed by atoms with Gasteiger partial charge in [-0.05, 0) is 55.2 Å². The molecule has 0 spiro atoms. The zero-order valence-corrected chi connectivity index (χ0v) is 16.4. The van der Waals surface area contributed by atoms with Gasteiger partial charge in [0.25, 0.3) is 0 Å². The summed E-state index contributed by atoms with van der Waals surface area (Å²) >= 11 is 0. The van der Waals surface area contributed by atoms with E-state index in [2.05, 4.69) is 36.2 Å². The van der Waals surface area contributed by atoms with Gasteiger partial charge in [0.15, 0.2) is 0 Å². The number of fused-ring (bicyclic) bond motifs is 3. The Morgan fingerprint density at radius 2 is 1.64 bits per heavy atom. The fourth-order valence-corrected chi connectivity index (χ4v) is 4.51. The van der Waals surface area contributed by atoms with Crippen LogP contribution in [-0.2, 0) is 4.74 Å². The molecule has 1 N–H and O–H groups in total. The van der Waals surface area contributed by atoms with E-state index in [1.807, 2.05) is 24.3 Å². The van der Waals surface area contributed by atoms with Crippen LogP contribution >= 0.6 is 0 Å². The fraction of sp³-hybridized carbons (Fsp3) is 0.435. The monoisotopic (exact) mass is 380 g/mol. The number of amides is 1. The van der Waals surface area contributed by atoms with Crippen molar-refractivity contribution >= 4 is 6.09 Å². The summed E-state index contributed by atoms with van der Waals surface area (Å²) in [5.41, 5.74) is 4.87. The van der Waals surface area contributed by atoms with Crippen LogP contribution in [0.2, 0.25) is 0 Å². The minimum absolute atomic E-state index is 0.0451. The Bertz CT molecular complexity index is 785. The Balaban J connectivity index is 1.48. The quantitative estimate of drug-likeness (QED) is 0.865. The molecule has 148 valence electrons. The Morgan fingerprint density at radius 3 is 2.21 bits per heavy atom. The van der Waals surface area contributed by atoms with Gasteiger partial charge in [0.2, 0.25) is 0 Å². The van der Waals surface area contributed by atoms with Gasteiger partial charge in [0, 0.05) is 18.5 Å². The van der Waals surface area contributed by atoms with Crippen LogP contribution in [0, 0.1) is 0 Å². The molecule has 2 aliphatic rings. The first-order chi connectivity index (χ1) is 13.7. The molecule has 0 atom stereocenters. The van der Waals surface area contributed by atoms with E-state index >= 15 is 0 Å². The Kier molecular flexibility index (Phi) is 5.64. The first kappa shape index (κ1) is 19.0. The first-order valence-corrected chi connectivity index (χ1v) is 10.1. The lowest BCUT2D eigenvalue weighted by atomic mass is 9.98. The van der Waals surface area contributed by atoms with Gasteiger partial charge in [-0.1, -0.05) is 48.5 Å². The lowest BCUT2D eigenvalue weighted by Gasteiger charge is -2.36. The summed E-state index contributed by atoms with van der Waals surface area (Å²) in [6.45, 7) is 2.52. The molecule has 0 unspecified atom stereocenters. The number of nitrogens with zero attached hydrogens (tertiary/aromatic N) is 2. The average molecular weight is 380 g/mol. The van der Waals surface area contributed by atoms with E-state index in [0.29, 0.717) is 13.2 Å². The summed E-state index contributed by atoms with van der Waals surface area (Å²) in [5, 5.41) is 9.45. The molecule has 4 rings (SSSR count). The molecule has 0 aromatic heterocycles. The molecular formula is C23H28N2O3. The number of carbonyl (C=O) groups excluding carboxylic acids is 1. The molecule has 1 heterocycles. The van der Waals surface area contributed by atoms with Gasteiger partial charge in [0.05, 0.1) is 6.61 Å². The highest BCUT2D eigenvalue weighted by atomic mass is 16.6. The zero-order valence-electron chi connectivity index (χ0n) is 16.4. The number of aliphatic hydroxyl groups excluding tert-OH is 1. The topological polar surface area (TPSA) is 53.0 Å². The Hall–Kier alpha value is -2.37. The summed E-state index contributed by atoms with van der Waals surface area (Å²) in [5.74, 6) is 0.0600. The molecule has 28 heavy (non-hydrogen) atoms. The third-order valence-electron chi connectivity index (χ3n) is 6.04. The lowest BCUT2D eigenvalue weighted by molar-refractivity contribution is 0.0582. The number of ether oxygens (including phenoxy) is 1. The number of hydrogen-bond donors (Lipinski definition) is 1. The molecule has 1 saturated heterocycles. The van der Waals surface area contributed by atoms with Crippen molar-refractivity contribution in [2.75, 3.05) is 39.9 Å². The van der Waals surface area contributed by atoms with E-state index in [4.69, 9.17) is 4.74 Å². The molecule has 0 radical (unpaired) electrons. The SMILES string of the molecule is CN1CCC(N(CCO)C(=O)OCC2c3ccccc3-c3ccccc32)CC1. The molecule has 1 fully saturated rings. The van der Waals surface area contributed by atoms with Gasteiger partial charge in [-0.15, -0.1) is 0 Å². The average Bonchev–Trinajstić information content (AvgIpc) is 3.05. The third-order valence-corrected chi connectivity index (χ3v) is 6.04. The van der Waals surface area contributed by atoms with Crippen molar-refractivity contribution in [3.8, 4) is 11.1 Å². The zero-order chi connectivity index (χ0) is 19.5. The van der Waals surface area contributed by atoms with E-state index in [-0.39, 0.29) is 24.7 Å². The van der Waals surface area contributed by atoms with Crippen LogP contribution in [0.3, 0.4) is 0 Å². The molecule has 2 aromatic carbocycles. The van der Waals surface area contributed by atoms with Gasteiger partial charge in [-0.25, -0.2) is 4.79 Å². The van der Waals surface area contributed by atoms with Gasteiger partial charge in [0.1, 0.15) is 6.61 Å². The van der Waals surface area contributed by atoms with Crippen molar-refractivity contribution in [3.05, 3.63) is 59.7 Å². The maximum Gasteiger partial charge on any atom is 0.410 e. The molecular weight excluding hydrogens is 352 g/mol. The van der Waals surface area contributed by atoms with Crippen LogP contribution in [0.15, 0.2) is 48.5 Å². The van der Waals surface area contributed by atoms with Gasteiger partial charge >= 0.3 is 6.09 Å². The minimum atomic E-state index is -0.314. The van der Waals surface area contributed by atoms with E-state index < -0.39 is 0 Å². The summed E-state index contributed by atoms with van der Waals surface area (Å²) in [4.78, 5) is 16.9. The Morgan fingerprint density at radius 1 is 1.07 bits per heavy atom. The standard InChI is InChI=1S/C23H28N2O3/c1-24-12-10-17(11-13-24)25(14-15-26)23(27)28-16-22-20-8-4-2-6-18(20)19-7-3-5-9-21(19)22/h2-9,17,22,26H,10-16H2,1H3. The van der Waals surface area contributed by atoms with Crippen LogP contribution in [-0.4, -0.2) is 66.9 Å². The highest BCUT2D eigenvalue weighted by Crippen LogP contribution is 2.44. The molecule has 2 aromatic rings. The number of likely N-dealkylation sites (tertiary alicyclic amines) is 1. The third kappa shape index (κ3) is 3.64. The predicted molar refractivity (Wildman–Crippen MR) is 109 cm³/mol. The number of hydrogen-bond acceptors (Lipinski definition) is 4. The maximum absolute atomic E-state index is 12.9. The van der Waals surface area contributed by atoms with Crippen molar-refractivity contribution in [3.63, 3.8) is 0 Å². The van der Waals surface area contributed by atoms with Crippen LogP contribution in [0.1, 0.15) is 29.9 Å². The number of rotatable bonds is 5. The normalized spacial score (nSPS) is 17.2. The lowest BCUT2D eigenvalue weighted by Crippen LogP contribution is -2.48. The smallest absolute Gasteiger partial charge is 0.410 e. The number of carbonyl (C=O) groups is 1. The highest BCUT2D eigenvalue weighted by molar-refractivity contribution is 5.79. The molecule has 1 aliphatic heterocycles. The maximum atomic E-state index is 12.9. The van der Waals surface area contributed by atoms with Gasteiger partial charge in [-0.3, -0.25) is 0 Å². The summed E-state index contributed by atoms with van der Waals surface area (Å²) in [6, 6.07) is 16.8. The number of piperidine rings is 1. The van der Waals surface area contributed by atoms with Crippen LogP contribution in [0.5, 0.6) is 0 Å². The van der Waals surface area contributed by atoms with E-state index in [1.54, 1.807) is 4.90 Å². The summed E-state index contributed by atoms with van der Waals surface area (Å²) < 4.78 is 5.80. The second-order valence-corrected chi connectivity index (χ2v) is 7.76. The first-order valence-electron chi connectivity index (χ1n) is 10.1. The molecule has 0 saturated carbocycles. The van der Waals surface area contributed by atoms with Crippen molar-refractivity contribution in [2.45, 2.75) is 24.8 Å². The van der Waals surface area contributed by atoms with Crippen LogP contribution in [0.4, 0.5) is 4.79 Å². The second-order valence-electron chi connectivity index (χ2n) is 7.76. The molecule has 1 aliphatic carbocycles. The predicted octanol–water partition coefficient (Wildman–Crippen LogP) is 3.32. The van der Waals surface area contributed by atoms with Crippen LogP contribution in [0.25, 0.3) is 11.1 Å². The van der Waals surface area contributed by atoms with Crippen molar-refractivity contribution < 1.29 is 14.6 Å². The van der Waals surface area contributed by atoms with Crippen LogP contribution < -0.4 is 0 Å². The second kappa shape index (κ2) is 8.33. The Labute approximate surface area is 166 Å². The molecule has 0 bridgehead atoms. The van der Waals surface area contributed by atoms with Crippen molar-refractivity contribution in [1.29, 1.82) is 0 Å². The van der Waals surface area contributed by atoms with E-state index in [1.165, 1.54) is 22.3 Å². The van der Waals surface area contributed by atoms with E-state index in [9.17, 15) is 9.90 Å². The summed E-state index contributed by atoms with van der Waals surface area (Å²) in [6.07, 6.45) is 1.52. The van der Waals surface area contributed by atoms with Gasteiger partial charge < -0.3 is 19.6 Å².